The molecule has 8 nitrogen and oxygen atoms in total. The third kappa shape index (κ3) is 2.89. The molecule has 0 atom stereocenters. The highest BCUT2D eigenvalue weighted by Crippen LogP contribution is 2.22. The molecule has 0 unspecified atom stereocenters. The highest BCUT2D eigenvalue weighted by molar-refractivity contribution is 5.83. The lowest BCUT2D eigenvalue weighted by Crippen LogP contribution is -2.13. The number of hydrogen-bond acceptors (Lipinski definition) is 5. The van der Waals surface area contributed by atoms with Gasteiger partial charge in [0.05, 0.1) is 11.7 Å². The number of carbonyl (C=O) groups excluding carboxylic acids is 1. The summed E-state index contributed by atoms with van der Waals surface area (Å²) in [6.45, 7) is 0.497. The second kappa shape index (κ2) is 5.90. The fourth-order valence-electron chi connectivity index (χ4n) is 2.81. The van der Waals surface area contributed by atoms with E-state index in [2.05, 4.69) is 20.4 Å². The van der Waals surface area contributed by atoms with Crippen LogP contribution in [0.15, 0.2) is 42.9 Å². The van der Waals surface area contributed by atoms with Gasteiger partial charge in [-0.3, -0.25) is 9.48 Å². The smallest absolute Gasteiger partial charge is 0.229 e. The van der Waals surface area contributed by atoms with Crippen molar-refractivity contribution in [2.75, 3.05) is 5.32 Å². The summed E-state index contributed by atoms with van der Waals surface area (Å²) in [5.74, 6) is 0.161. The number of aryl methyl sites for hydroxylation is 2. The summed E-state index contributed by atoms with van der Waals surface area (Å²) >= 11 is 0. The largest absolute Gasteiger partial charge is 0.370 e. The molecule has 8 heteroatoms. The summed E-state index contributed by atoms with van der Waals surface area (Å²) in [5, 5.41) is 9.41. The second-order valence-corrected chi connectivity index (χ2v) is 5.86. The molecule has 0 aliphatic heterocycles. The monoisotopic (exact) mass is 335 g/mol. The molecule has 0 saturated heterocycles. The van der Waals surface area contributed by atoms with Gasteiger partial charge in [0.2, 0.25) is 11.9 Å². The SMILES string of the molecule is Cn1ncc2cc(Nc3ncc4ccn(CCC(N)=O)c4n3)ccc21. The summed E-state index contributed by atoms with van der Waals surface area (Å²) in [6, 6.07) is 7.88. The van der Waals surface area contributed by atoms with Gasteiger partial charge >= 0.3 is 0 Å². The summed E-state index contributed by atoms with van der Waals surface area (Å²) in [7, 11) is 1.91. The summed E-state index contributed by atoms with van der Waals surface area (Å²) < 4.78 is 3.73. The fraction of sp³-hybridized carbons (Fsp3) is 0.176. The third-order valence-electron chi connectivity index (χ3n) is 4.10. The Hall–Kier alpha value is -3.42. The van der Waals surface area contributed by atoms with Crippen LogP contribution in [0.1, 0.15) is 6.42 Å². The first-order valence-corrected chi connectivity index (χ1v) is 7.89. The van der Waals surface area contributed by atoms with Gasteiger partial charge in [-0.15, -0.1) is 0 Å². The number of rotatable bonds is 5. The van der Waals surface area contributed by atoms with Crippen LogP contribution in [0.25, 0.3) is 21.9 Å². The van der Waals surface area contributed by atoms with Crippen molar-refractivity contribution in [1.82, 2.24) is 24.3 Å². The lowest BCUT2D eigenvalue weighted by molar-refractivity contribution is -0.118. The zero-order chi connectivity index (χ0) is 17.4. The molecule has 4 aromatic rings. The molecule has 3 N–H and O–H groups in total. The minimum absolute atomic E-state index is 0.272. The van der Waals surface area contributed by atoms with Gasteiger partial charge in [0.1, 0.15) is 5.65 Å². The second-order valence-electron chi connectivity index (χ2n) is 5.86. The highest BCUT2D eigenvalue weighted by atomic mass is 16.1. The molecule has 1 aromatic carbocycles. The van der Waals surface area contributed by atoms with E-state index in [9.17, 15) is 4.79 Å². The Bertz CT molecular complexity index is 1080. The van der Waals surface area contributed by atoms with Crippen LogP contribution in [0.3, 0.4) is 0 Å². The Morgan fingerprint density at radius 1 is 1.24 bits per heavy atom. The molecule has 4 rings (SSSR count). The first kappa shape index (κ1) is 15.1. The molecule has 3 aromatic heterocycles. The van der Waals surface area contributed by atoms with Crippen LogP contribution in [0.4, 0.5) is 11.6 Å². The van der Waals surface area contributed by atoms with Gasteiger partial charge in [0, 0.05) is 48.9 Å². The van der Waals surface area contributed by atoms with Crippen LogP contribution >= 0.6 is 0 Å². The number of fused-ring (bicyclic) bond motifs is 2. The predicted molar refractivity (Wildman–Crippen MR) is 95.3 cm³/mol. The summed E-state index contributed by atoms with van der Waals surface area (Å²) in [5.41, 5.74) is 7.94. The van der Waals surface area contributed by atoms with Crippen LogP contribution in [0, 0.1) is 0 Å². The Balaban J connectivity index is 1.63. The van der Waals surface area contributed by atoms with Crippen LogP contribution in [0.5, 0.6) is 0 Å². The van der Waals surface area contributed by atoms with E-state index < -0.39 is 0 Å². The average Bonchev–Trinajstić information content (AvgIpc) is 3.16. The predicted octanol–water partition coefficient (Wildman–Crippen LogP) is 1.94. The first-order valence-electron chi connectivity index (χ1n) is 7.89. The molecule has 126 valence electrons. The Kier molecular flexibility index (Phi) is 3.57. The van der Waals surface area contributed by atoms with E-state index in [1.54, 1.807) is 6.20 Å². The average molecular weight is 335 g/mol. The van der Waals surface area contributed by atoms with Crippen LogP contribution in [0.2, 0.25) is 0 Å². The lowest BCUT2D eigenvalue weighted by atomic mass is 10.2. The van der Waals surface area contributed by atoms with Crippen LogP contribution in [-0.2, 0) is 18.4 Å². The van der Waals surface area contributed by atoms with Gasteiger partial charge in [-0.2, -0.15) is 10.1 Å². The molecular formula is C17H17N7O. The number of nitrogens with zero attached hydrogens (tertiary/aromatic N) is 5. The number of benzene rings is 1. The normalized spacial score (nSPS) is 11.2. The quantitative estimate of drug-likeness (QED) is 0.580. The molecule has 0 saturated carbocycles. The van der Waals surface area contributed by atoms with Crippen molar-refractivity contribution in [3.05, 3.63) is 42.9 Å². The van der Waals surface area contributed by atoms with Crippen molar-refractivity contribution in [1.29, 1.82) is 0 Å². The molecule has 3 heterocycles. The van der Waals surface area contributed by atoms with E-state index in [4.69, 9.17) is 5.73 Å². The molecule has 0 aliphatic carbocycles. The first-order chi connectivity index (χ1) is 12.1. The van der Waals surface area contributed by atoms with E-state index in [0.717, 1.165) is 27.6 Å². The molecule has 0 fully saturated rings. The molecule has 0 radical (unpaired) electrons. The van der Waals surface area contributed by atoms with Gasteiger partial charge in [-0.05, 0) is 24.3 Å². The maximum Gasteiger partial charge on any atom is 0.229 e. The molecular weight excluding hydrogens is 318 g/mol. The number of hydrogen-bond donors (Lipinski definition) is 2. The Morgan fingerprint density at radius 2 is 2.12 bits per heavy atom. The number of nitrogens with one attached hydrogen (secondary N) is 1. The number of carbonyl (C=O) groups is 1. The van der Waals surface area contributed by atoms with Crippen molar-refractivity contribution in [2.24, 2.45) is 12.8 Å². The third-order valence-corrected chi connectivity index (χ3v) is 4.10. The molecule has 25 heavy (non-hydrogen) atoms. The molecule has 0 spiro atoms. The van der Waals surface area contributed by atoms with E-state index in [1.807, 2.05) is 53.0 Å². The molecule has 1 amide bonds. The van der Waals surface area contributed by atoms with Gasteiger partial charge in [-0.25, -0.2) is 4.98 Å². The number of aromatic nitrogens is 5. The highest BCUT2D eigenvalue weighted by Gasteiger charge is 2.08. The van der Waals surface area contributed by atoms with E-state index in [-0.39, 0.29) is 12.3 Å². The fourth-order valence-corrected chi connectivity index (χ4v) is 2.81. The number of anilines is 2. The van der Waals surface area contributed by atoms with Gasteiger partial charge in [0.15, 0.2) is 0 Å². The van der Waals surface area contributed by atoms with Crippen molar-refractivity contribution < 1.29 is 4.79 Å². The van der Waals surface area contributed by atoms with E-state index in [0.29, 0.717) is 12.5 Å². The Labute approximate surface area is 143 Å². The zero-order valence-electron chi connectivity index (χ0n) is 13.7. The lowest BCUT2D eigenvalue weighted by Gasteiger charge is -2.07. The van der Waals surface area contributed by atoms with Crippen molar-refractivity contribution in [3.63, 3.8) is 0 Å². The van der Waals surface area contributed by atoms with Crippen LogP contribution in [-0.4, -0.2) is 30.2 Å². The summed E-state index contributed by atoms with van der Waals surface area (Å²) in [6.07, 6.45) is 5.73. The standard InChI is InChI=1S/C17H17N7O/c1-23-14-3-2-13(8-12(14)10-20-23)21-17-19-9-11-4-6-24(16(11)22-17)7-5-15(18)25/h2-4,6,8-10H,5,7H2,1H3,(H2,18,25)(H,19,21,22). The van der Waals surface area contributed by atoms with Gasteiger partial charge < -0.3 is 15.6 Å². The van der Waals surface area contributed by atoms with Crippen molar-refractivity contribution in [3.8, 4) is 0 Å². The molecule has 0 aliphatic rings. The van der Waals surface area contributed by atoms with Crippen molar-refractivity contribution in [2.45, 2.75) is 13.0 Å². The Morgan fingerprint density at radius 3 is 2.96 bits per heavy atom. The van der Waals surface area contributed by atoms with E-state index in [1.165, 1.54) is 0 Å². The zero-order valence-corrected chi connectivity index (χ0v) is 13.7. The van der Waals surface area contributed by atoms with Crippen molar-refractivity contribution >= 4 is 39.5 Å². The minimum atomic E-state index is -0.334. The summed E-state index contributed by atoms with van der Waals surface area (Å²) in [4.78, 5) is 19.9. The van der Waals surface area contributed by atoms with Gasteiger partial charge in [-0.1, -0.05) is 0 Å². The topological polar surface area (TPSA) is 104 Å². The maximum absolute atomic E-state index is 11.0. The van der Waals surface area contributed by atoms with Gasteiger partial charge in [0.25, 0.3) is 0 Å². The van der Waals surface area contributed by atoms with E-state index >= 15 is 0 Å². The molecule has 0 bridgehead atoms. The van der Waals surface area contributed by atoms with Crippen LogP contribution < -0.4 is 11.1 Å². The maximum atomic E-state index is 11.0. The number of amides is 1. The number of primary amides is 1. The number of nitrogens with two attached hydrogens (primary N) is 1. The minimum Gasteiger partial charge on any atom is -0.370 e.